The maximum absolute atomic E-state index is 11.2. The van der Waals surface area contributed by atoms with Crippen molar-refractivity contribution in [2.45, 2.75) is 31.3 Å². The molecule has 0 aromatic heterocycles. The first-order chi connectivity index (χ1) is 7.20. The van der Waals surface area contributed by atoms with Gasteiger partial charge in [0.1, 0.15) is 0 Å². The van der Waals surface area contributed by atoms with Crippen LogP contribution in [-0.2, 0) is 9.59 Å². The van der Waals surface area contributed by atoms with Gasteiger partial charge in [0, 0.05) is 25.2 Å². The summed E-state index contributed by atoms with van der Waals surface area (Å²) in [4.78, 5) is 24.4. The Morgan fingerprint density at radius 1 is 1.20 bits per heavy atom. The van der Waals surface area contributed by atoms with Crippen molar-refractivity contribution in [2.24, 2.45) is 5.84 Å². The summed E-state index contributed by atoms with van der Waals surface area (Å²) in [5, 5.41) is 2.67. The van der Waals surface area contributed by atoms with E-state index < -0.39 is 11.8 Å². The van der Waals surface area contributed by atoms with Gasteiger partial charge in [0.25, 0.3) is 0 Å². The zero-order valence-electron chi connectivity index (χ0n) is 8.53. The second-order valence-electron chi connectivity index (χ2n) is 4.16. The fraction of sp³-hybridized carbons (Fsp3) is 0.778. The number of carbonyl (C=O) groups excluding carboxylic acids is 2. The molecule has 6 heteroatoms. The van der Waals surface area contributed by atoms with E-state index in [1.54, 1.807) is 0 Å². The van der Waals surface area contributed by atoms with Crippen molar-refractivity contribution in [1.82, 2.24) is 15.6 Å². The Balaban J connectivity index is 1.76. The van der Waals surface area contributed by atoms with Gasteiger partial charge >= 0.3 is 11.8 Å². The van der Waals surface area contributed by atoms with E-state index in [-0.39, 0.29) is 6.04 Å². The molecule has 84 valence electrons. The normalized spacial score (nSPS) is 26.3. The predicted molar refractivity (Wildman–Crippen MR) is 53.5 cm³/mol. The van der Waals surface area contributed by atoms with Crippen LogP contribution in [0.25, 0.3) is 0 Å². The minimum atomic E-state index is -0.778. The molecule has 0 bridgehead atoms. The molecule has 6 nitrogen and oxygen atoms in total. The van der Waals surface area contributed by atoms with Crippen LogP contribution in [0.1, 0.15) is 19.3 Å². The number of hydrogen-bond donors (Lipinski definition) is 3. The maximum atomic E-state index is 11.2. The lowest BCUT2D eigenvalue weighted by molar-refractivity contribution is -0.139. The van der Waals surface area contributed by atoms with Crippen LogP contribution in [0.15, 0.2) is 0 Å². The van der Waals surface area contributed by atoms with Gasteiger partial charge in [-0.25, -0.2) is 5.84 Å². The molecular formula is C9H16N4O2. The number of hydrazine groups is 1. The van der Waals surface area contributed by atoms with E-state index >= 15 is 0 Å². The molecule has 1 saturated heterocycles. The van der Waals surface area contributed by atoms with Gasteiger partial charge in [-0.1, -0.05) is 0 Å². The third kappa shape index (κ3) is 2.45. The molecule has 4 N–H and O–H groups in total. The molecule has 1 unspecified atom stereocenters. The number of nitrogens with two attached hydrogens (primary N) is 1. The van der Waals surface area contributed by atoms with Crippen molar-refractivity contribution in [3.05, 3.63) is 0 Å². The second-order valence-corrected chi connectivity index (χ2v) is 4.16. The van der Waals surface area contributed by atoms with Gasteiger partial charge in [-0.05, 0) is 19.3 Å². The molecule has 1 atom stereocenters. The van der Waals surface area contributed by atoms with Gasteiger partial charge in [-0.3, -0.25) is 19.9 Å². The molecule has 0 aromatic carbocycles. The first-order valence-corrected chi connectivity index (χ1v) is 5.26. The van der Waals surface area contributed by atoms with Crippen molar-refractivity contribution in [3.63, 3.8) is 0 Å². The topological polar surface area (TPSA) is 87.5 Å². The third-order valence-corrected chi connectivity index (χ3v) is 2.96. The van der Waals surface area contributed by atoms with E-state index in [9.17, 15) is 9.59 Å². The number of rotatable bonds is 2. The lowest BCUT2D eigenvalue weighted by Gasteiger charge is -2.15. The first kappa shape index (κ1) is 10.4. The second kappa shape index (κ2) is 4.16. The highest BCUT2D eigenvalue weighted by Gasteiger charge is 2.35. The zero-order chi connectivity index (χ0) is 10.8. The lowest BCUT2D eigenvalue weighted by atomic mass is 10.2. The fourth-order valence-electron chi connectivity index (χ4n) is 1.99. The van der Waals surface area contributed by atoms with Crippen molar-refractivity contribution in [1.29, 1.82) is 0 Å². The molecule has 1 aliphatic carbocycles. The minimum Gasteiger partial charge on any atom is -0.344 e. The molecule has 0 spiro atoms. The van der Waals surface area contributed by atoms with Crippen LogP contribution in [0.2, 0.25) is 0 Å². The van der Waals surface area contributed by atoms with Crippen molar-refractivity contribution in [2.75, 3.05) is 13.1 Å². The zero-order valence-corrected chi connectivity index (χ0v) is 8.53. The summed E-state index contributed by atoms with van der Waals surface area (Å²) in [6.07, 6.45) is 3.45. The first-order valence-electron chi connectivity index (χ1n) is 5.26. The van der Waals surface area contributed by atoms with Crippen LogP contribution in [0.3, 0.4) is 0 Å². The number of likely N-dealkylation sites (tertiary alicyclic amines) is 1. The van der Waals surface area contributed by atoms with E-state index in [1.165, 1.54) is 12.8 Å². The Hall–Kier alpha value is -1.14. The van der Waals surface area contributed by atoms with Gasteiger partial charge in [0.05, 0.1) is 0 Å². The molecule has 2 fully saturated rings. The van der Waals surface area contributed by atoms with E-state index in [4.69, 9.17) is 5.84 Å². The molecule has 15 heavy (non-hydrogen) atoms. The predicted octanol–water partition coefficient (Wildman–Crippen LogP) is -1.67. The Bertz CT molecular complexity index is 277. The number of hydrogen-bond acceptors (Lipinski definition) is 4. The highest BCUT2D eigenvalue weighted by atomic mass is 16.2. The highest BCUT2D eigenvalue weighted by molar-refractivity contribution is 6.34. The van der Waals surface area contributed by atoms with E-state index in [0.717, 1.165) is 25.6 Å². The number of nitrogens with zero attached hydrogens (tertiary/aromatic N) is 1. The molecule has 2 rings (SSSR count). The number of amides is 2. The van der Waals surface area contributed by atoms with Gasteiger partial charge in [0.2, 0.25) is 0 Å². The molecule has 0 aromatic rings. The van der Waals surface area contributed by atoms with Crippen molar-refractivity contribution >= 4 is 11.8 Å². The molecule has 2 amide bonds. The van der Waals surface area contributed by atoms with Crippen LogP contribution >= 0.6 is 0 Å². The van der Waals surface area contributed by atoms with Crippen LogP contribution in [0.5, 0.6) is 0 Å². The standard InChI is InChI=1S/C9H16N4O2/c10-12-9(15)8(14)11-6-3-4-13(5-6)7-1-2-7/h6-7H,1-5,10H2,(H,11,14)(H,12,15). The quantitative estimate of drug-likeness (QED) is 0.221. The average Bonchev–Trinajstić information content (AvgIpc) is 2.99. The molecule has 1 heterocycles. The number of nitrogens with one attached hydrogen (secondary N) is 2. The summed E-state index contributed by atoms with van der Waals surface area (Å²) in [5.74, 6) is 3.45. The average molecular weight is 212 g/mol. The maximum Gasteiger partial charge on any atom is 0.323 e. The van der Waals surface area contributed by atoms with Gasteiger partial charge in [0.15, 0.2) is 0 Å². The van der Waals surface area contributed by atoms with Crippen LogP contribution in [0.4, 0.5) is 0 Å². The highest BCUT2D eigenvalue weighted by Crippen LogP contribution is 2.29. The summed E-state index contributed by atoms with van der Waals surface area (Å²) >= 11 is 0. The number of carbonyl (C=O) groups is 2. The van der Waals surface area contributed by atoms with Gasteiger partial charge < -0.3 is 5.32 Å². The molecule has 1 saturated carbocycles. The van der Waals surface area contributed by atoms with E-state index in [2.05, 4.69) is 10.2 Å². The summed E-state index contributed by atoms with van der Waals surface area (Å²) < 4.78 is 0. The molecular weight excluding hydrogens is 196 g/mol. The van der Waals surface area contributed by atoms with Gasteiger partial charge in [-0.15, -0.1) is 0 Å². The summed E-state index contributed by atoms with van der Waals surface area (Å²) in [5.41, 5.74) is 1.82. The summed E-state index contributed by atoms with van der Waals surface area (Å²) in [6.45, 7) is 1.87. The summed E-state index contributed by atoms with van der Waals surface area (Å²) in [6, 6.07) is 0.811. The van der Waals surface area contributed by atoms with Gasteiger partial charge in [-0.2, -0.15) is 0 Å². The smallest absolute Gasteiger partial charge is 0.323 e. The minimum absolute atomic E-state index is 0.0930. The van der Waals surface area contributed by atoms with Crippen molar-refractivity contribution < 1.29 is 9.59 Å². The SMILES string of the molecule is NNC(=O)C(=O)NC1CCN(C2CC2)C1. The summed E-state index contributed by atoms with van der Waals surface area (Å²) in [7, 11) is 0. The van der Waals surface area contributed by atoms with Crippen LogP contribution in [0, 0.1) is 0 Å². The largest absolute Gasteiger partial charge is 0.344 e. The van der Waals surface area contributed by atoms with E-state index in [1.807, 2.05) is 5.43 Å². The Kier molecular flexibility index (Phi) is 2.88. The Labute approximate surface area is 88.1 Å². The fourth-order valence-corrected chi connectivity index (χ4v) is 1.99. The molecule has 0 radical (unpaired) electrons. The lowest BCUT2D eigenvalue weighted by Crippen LogP contribution is -2.47. The van der Waals surface area contributed by atoms with Crippen molar-refractivity contribution in [3.8, 4) is 0 Å². The monoisotopic (exact) mass is 212 g/mol. The molecule has 2 aliphatic rings. The Morgan fingerprint density at radius 2 is 1.93 bits per heavy atom. The molecule has 1 aliphatic heterocycles. The van der Waals surface area contributed by atoms with E-state index in [0.29, 0.717) is 0 Å². The third-order valence-electron chi connectivity index (χ3n) is 2.96. The van der Waals surface area contributed by atoms with Crippen LogP contribution < -0.4 is 16.6 Å². The van der Waals surface area contributed by atoms with Crippen LogP contribution in [-0.4, -0.2) is 41.9 Å². The Morgan fingerprint density at radius 3 is 2.53 bits per heavy atom.